The van der Waals surface area contributed by atoms with E-state index in [0.717, 1.165) is 47.6 Å². The van der Waals surface area contributed by atoms with Crippen molar-refractivity contribution < 1.29 is 0 Å². The largest absolute Gasteiger partial charge is 0.346 e. The molecule has 0 spiro atoms. The van der Waals surface area contributed by atoms with Crippen molar-refractivity contribution >= 4 is 17.9 Å². The van der Waals surface area contributed by atoms with Gasteiger partial charge in [-0.2, -0.15) is 5.11 Å². The quantitative estimate of drug-likeness (QED) is 0.696. The second kappa shape index (κ2) is 7.94. The number of nitrogens with one attached hydrogen (secondary N) is 3. The lowest BCUT2D eigenvalue weighted by Gasteiger charge is -2.32. The van der Waals surface area contributed by atoms with Gasteiger partial charge in [0.15, 0.2) is 0 Å². The fourth-order valence-electron chi connectivity index (χ4n) is 4.85. The van der Waals surface area contributed by atoms with Crippen molar-refractivity contribution in [3.05, 3.63) is 23.5 Å². The third-order valence-corrected chi connectivity index (χ3v) is 6.50. The molecule has 7 nitrogen and oxygen atoms in total. The number of nitrogens with zero attached hydrogens (tertiary/aromatic N) is 4. The summed E-state index contributed by atoms with van der Waals surface area (Å²) in [5.74, 6) is 1.99. The van der Waals surface area contributed by atoms with Crippen LogP contribution in [0.1, 0.15) is 37.7 Å². The zero-order valence-electron chi connectivity index (χ0n) is 16.4. The molecule has 1 aromatic heterocycles. The van der Waals surface area contributed by atoms with Crippen molar-refractivity contribution in [1.29, 1.82) is 5.53 Å². The summed E-state index contributed by atoms with van der Waals surface area (Å²) in [7, 11) is 4.39. The highest BCUT2D eigenvalue weighted by molar-refractivity contribution is 5.87. The smallest absolute Gasteiger partial charge is 0.141 e. The zero-order chi connectivity index (χ0) is 18.8. The van der Waals surface area contributed by atoms with E-state index in [9.17, 15) is 0 Å². The molecule has 1 aliphatic carbocycles. The lowest BCUT2D eigenvalue weighted by atomic mass is 9.79. The molecule has 27 heavy (non-hydrogen) atoms. The highest BCUT2D eigenvalue weighted by Crippen LogP contribution is 2.39. The Labute approximate surface area is 161 Å². The van der Waals surface area contributed by atoms with Crippen LogP contribution in [0, 0.1) is 17.4 Å². The van der Waals surface area contributed by atoms with Gasteiger partial charge in [-0.3, -0.25) is 0 Å². The van der Waals surface area contributed by atoms with Crippen LogP contribution in [0.25, 0.3) is 5.70 Å². The summed E-state index contributed by atoms with van der Waals surface area (Å²) in [5.41, 5.74) is 10.6. The molecule has 146 valence electrons. The molecule has 1 aromatic rings. The predicted octanol–water partition coefficient (Wildman–Crippen LogP) is 3.42. The molecule has 3 aliphatic rings. The van der Waals surface area contributed by atoms with Crippen molar-refractivity contribution in [2.45, 2.75) is 38.1 Å². The predicted molar refractivity (Wildman–Crippen MR) is 108 cm³/mol. The highest BCUT2D eigenvalue weighted by Gasteiger charge is 2.31. The maximum atomic E-state index is 7.78. The fourth-order valence-corrected chi connectivity index (χ4v) is 4.85. The van der Waals surface area contributed by atoms with Gasteiger partial charge in [0, 0.05) is 36.8 Å². The Morgan fingerprint density at radius 1 is 1.30 bits per heavy atom. The van der Waals surface area contributed by atoms with Gasteiger partial charge in [0.25, 0.3) is 0 Å². The first kappa shape index (κ1) is 18.4. The van der Waals surface area contributed by atoms with E-state index < -0.39 is 0 Å². The molecule has 4 rings (SSSR count). The standard InChI is InChI=1S/C20H31N7/c1-26(2)16-8-10-27(12-16)11-14-3-5-15(6-4-14)18(25-21)19-17-7-9-22-20(17)24-13-23-19/h7,9,13-16,21-22H,3-6,8,10-12H2,1-2H3,(H,23,24)/b19-18-,25-21?/t14-,15-,16-/m0/s1. The highest BCUT2D eigenvalue weighted by atomic mass is 15.2. The average Bonchev–Trinajstić information content (AvgIpc) is 3.33. The molecule has 3 N–H and O–H groups in total. The van der Waals surface area contributed by atoms with E-state index in [1.807, 2.05) is 12.3 Å². The van der Waals surface area contributed by atoms with Gasteiger partial charge in [-0.25, -0.2) is 10.5 Å². The van der Waals surface area contributed by atoms with Gasteiger partial charge in [0.1, 0.15) is 5.82 Å². The first-order chi connectivity index (χ1) is 13.2. The molecule has 0 unspecified atom stereocenters. The van der Waals surface area contributed by atoms with E-state index in [0.29, 0.717) is 5.92 Å². The van der Waals surface area contributed by atoms with Crippen LogP contribution in [0.2, 0.25) is 0 Å². The van der Waals surface area contributed by atoms with Gasteiger partial charge >= 0.3 is 0 Å². The number of aliphatic imine (C=N–C) groups is 1. The molecule has 7 heteroatoms. The molecule has 1 saturated heterocycles. The van der Waals surface area contributed by atoms with Gasteiger partial charge in [-0.05, 0) is 64.7 Å². The Hall–Kier alpha value is -1.99. The van der Waals surface area contributed by atoms with Crippen LogP contribution in [0.4, 0.5) is 5.82 Å². The Morgan fingerprint density at radius 3 is 2.81 bits per heavy atom. The number of likely N-dealkylation sites (N-methyl/N-ethyl adjacent to an activating group) is 1. The van der Waals surface area contributed by atoms with Crippen molar-refractivity contribution in [2.24, 2.45) is 21.9 Å². The van der Waals surface area contributed by atoms with Crippen LogP contribution in [0.5, 0.6) is 0 Å². The van der Waals surface area contributed by atoms with E-state index in [1.165, 1.54) is 38.9 Å². The van der Waals surface area contributed by atoms with Gasteiger partial charge < -0.3 is 20.1 Å². The minimum Gasteiger partial charge on any atom is -0.346 e. The van der Waals surface area contributed by atoms with E-state index in [2.05, 4.69) is 44.3 Å². The number of hydrogen-bond acceptors (Lipinski definition) is 6. The van der Waals surface area contributed by atoms with E-state index in [1.54, 1.807) is 6.34 Å². The summed E-state index contributed by atoms with van der Waals surface area (Å²) in [6, 6.07) is 2.73. The number of H-pyrrole nitrogens is 1. The number of allylic oxidation sites excluding steroid dienone is 1. The van der Waals surface area contributed by atoms with Crippen molar-refractivity contribution in [3.8, 4) is 0 Å². The number of fused-ring (bicyclic) bond motifs is 1. The molecule has 0 radical (unpaired) electrons. The first-order valence-electron chi connectivity index (χ1n) is 10.1. The summed E-state index contributed by atoms with van der Waals surface area (Å²) in [4.78, 5) is 12.5. The number of likely N-dealkylation sites (tertiary alicyclic amines) is 1. The zero-order valence-corrected chi connectivity index (χ0v) is 16.4. The third kappa shape index (κ3) is 3.84. The van der Waals surface area contributed by atoms with Crippen molar-refractivity contribution in [3.63, 3.8) is 0 Å². The number of rotatable bonds is 5. The first-order valence-corrected chi connectivity index (χ1v) is 10.1. The van der Waals surface area contributed by atoms with Gasteiger partial charge in [0.05, 0.1) is 17.7 Å². The molecule has 1 saturated carbocycles. The Morgan fingerprint density at radius 2 is 2.11 bits per heavy atom. The summed E-state index contributed by atoms with van der Waals surface area (Å²) in [6.45, 7) is 3.68. The molecule has 3 heterocycles. The minimum atomic E-state index is 0.364. The SMILES string of the molecule is CN(C)[C@H]1CCN(C[C@H]2CC[C@H](/C(N=N)=C3/NC=Nc4[nH]ccc43)CC2)C1. The topological polar surface area (TPSA) is 82.9 Å². The summed E-state index contributed by atoms with van der Waals surface area (Å²) >= 11 is 0. The monoisotopic (exact) mass is 369 g/mol. The Balaban J connectivity index is 1.37. The van der Waals surface area contributed by atoms with Crippen LogP contribution >= 0.6 is 0 Å². The van der Waals surface area contributed by atoms with Gasteiger partial charge in [-0.1, -0.05) is 0 Å². The number of aromatic amines is 1. The lowest BCUT2D eigenvalue weighted by molar-refractivity contribution is 0.200. The molecule has 0 amide bonds. The fraction of sp³-hybridized carbons (Fsp3) is 0.650. The number of hydrogen-bond donors (Lipinski definition) is 3. The van der Waals surface area contributed by atoms with E-state index in [-0.39, 0.29) is 0 Å². The second-order valence-electron chi connectivity index (χ2n) is 8.40. The molecule has 0 bridgehead atoms. The van der Waals surface area contributed by atoms with Crippen LogP contribution in [0.15, 0.2) is 28.1 Å². The maximum absolute atomic E-state index is 7.78. The average molecular weight is 370 g/mol. The summed E-state index contributed by atoms with van der Waals surface area (Å²) in [6.07, 6.45) is 9.58. The van der Waals surface area contributed by atoms with Gasteiger partial charge in [-0.15, -0.1) is 0 Å². The lowest BCUT2D eigenvalue weighted by Crippen LogP contribution is -2.34. The van der Waals surface area contributed by atoms with Crippen LogP contribution in [-0.2, 0) is 0 Å². The molecule has 0 aromatic carbocycles. The normalized spacial score (nSPS) is 30.3. The molecule has 1 atom stereocenters. The summed E-state index contributed by atoms with van der Waals surface area (Å²) < 4.78 is 0. The van der Waals surface area contributed by atoms with E-state index in [4.69, 9.17) is 5.53 Å². The van der Waals surface area contributed by atoms with Gasteiger partial charge in [0.2, 0.25) is 0 Å². The van der Waals surface area contributed by atoms with Crippen LogP contribution in [-0.4, -0.2) is 60.9 Å². The molecular weight excluding hydrogens is 338 g/mol. The van der Waals surface area contributed by atoms with Crippen LogP contribution in [0.3, 0.4) is 0 Å². The van der Waals surface area contributed by atoms with Crippen molar-refractivity contribution in [1.82, 2.24) is 20.1 Å². The Bertz CT molecular complexity index is 724. The maximum Gasteiger partial charge on any atom is 0.141 e. The molecule has 2 aliphatic heterocycles. The molecule has 2 fully saturated rings. The summed E-state index contributed by atoms with van der Waals surface area (Å²) in [5, 5.41) is 7.18. The van der Waals surface area contributed by atoms with Crippen LogP contribution < -0.4 is 5.32 Å². The number of aromatic nitrogens is 1. The third-order valence-electron chi connectivity index (χ3n) is 6.50. The Kier molecular flexibility index (Phi) is 5.41. The van der Waals surface area contributed by atoms with E-state index >= 15 is 0 Å². The minimum absolute atomic E-state index is 0.364. The second-order valence-corrected chi connectivity index (χ2v) is 8.40. The molecular formula is C20H31N7. The van der Waals surface area contributed by atoms with Crippen molar-refractivity contribution in [2.75, 3.05) is 33.7 Å².